The zero-order valence-electron chi connectivity index (χ0n) is 8.40. The molecule has 1 aromatic rings. The summed E-state index contributed by atoms with van der Waals surface area (Å²) in [4.78, 5) is 12.6. The van der Waals surface area contributed by atoms with Gasteiger partial charge in [0, 0.05) is 24.3 Å². The summed E-state index contributed by atoms with van der Waals surface area (Å²) in [7, 11) is 0. The van der Waals surface area contributed by atoms with Crippen molar-refractivity contribution in [3.63, 3.8) is 0 Å². The molecule has 1 aliphatic heterocycles. The Hall–Kier alpha value is -1.42. The summed E-state index contributed by atoms with van der Waals surface area (Å²) in [6, 6.07) is 4.08. The van der Waals surface area contributed by atoms with Crippen LogP contribution in [0.5, 0.6) is 0 Å². The summed E-state index contributed by atoms with van der Waals surface area (Å²) < 4.78 is 12.8. The number of rotatable bonds is 2. The molecule has 1 aliphatic rings. The van der Waals surface area contributed by atoms with Gasteiger partial charge < -0.3 is 10.0 Å². The van der Waals surface area contributed by atoms with Gasteiger partial charge in [0.25, 0.3) is 0 Å². The van der Waals surface area contributed by atoms with Gasteiger partial charge in [-0.05, 0) is 25.1 Å². The third-order valence-electron chi connectivity index (χ3n) is 2.52. The van der Waals surface area contributed by atoms with Crippen LogP contribution in [0.15, 0.2) is 18.2 Å². The van der Waals surface area contributed by atoms with Crippen LogP contribution >= 0.6 is 0 Å². The summed E-state index contributed by atoms with van der Waals surface area (Å²) in [5.41, 5.74) is 0.303. The average Bonchev–Trinajstić information content (AvgIpc) is 2.14. The van der Waals surface area contributed by atoms with E-state index in [4.69, 9.17) is 0 Å². The molecule has 0 spiro atoms. The third kappa shape index (κ3) is 1.85. The number of hydrogen-bond donors (Lipinski definition) is 1. The van der Waals surface area contributed by atoms with E-state index >= 15 is 0 Å². The van der Waals surface area contributed by atoms with Crippen molar-refractivity contribution < 1.29 is 14.3 Å². The van der Waals surface area contributed by atoms with E-state index < -0.39 is 11.4 Å². The first-order valence-corrected chi connectivity index (χ1v) is 4.74. The highest BCUT2D eigenvalue weighted by atomic mass is 19.1. The molecule has 3 nitrogen and oxygen atoms in total. The van der Waals surface area contributed by atoms with Crippen molar-refractivity contribution in [1.82, 2.24) is 0 Å². The van der Waals surface area contributed by atoms with Gasteiger partial charge >= 0.3 is 0 Å². The number of benzene rings is 1. The summed E-state index contributed by atoms with van der Waals surface area (Å²) >= 11 is 0. The molecular formula is C11H12FNO2. The van der Waals surface area contributed by atoms with Crippen molar-refractivity contribution in [1.29, 1.82) is 0 Å². The Morgan fingerprint density at radius 3 is 2.73 bits per heavy atom. The molecule has 15 heavy (non-hydrogen) atoms. The molecule has 1 saturated heterocycles. The van der Waals surface area contributed by atoms with E-state index in [-0.39, 0.29) is 0 Å². The molecule has 1 heterocycles. The van der Waals surface area contributed by atoms with Gasteiger partial charge in [-0.15, -0.1) is 0 Å². The van der Waals surface area contributed by atoms with Gasteiger partial charge in [-0.1, -0.05) is 0 Å². The standard InChI is InChI=1S/C11H12FNO2/c1-11(15)6-13(7-11)10-3-2-9(12)4-8(10)5-14/h2-5,15H,6-7H2,1H3. The summed E-state index contributed by atoms with van der Waals surface area (Å²) in [6.07, 6.45) is 0.630. The first-order valence-electron chi connectivity index (χ1n) is 4.74. The number of hydrogen-bond acceptors (Lipinski definition) is 3. The first kappa shape index (κ1) is 10.1. The van der Waals surface area contributed by atoms with E-state index in [1.54, 1.807) is 13.0 Å². The Balaban J connectivity index is 2.26. The largest absolute Gasteiger partial charge is 0.386 e. The SMILES string of the molecule is CC1(O)CN(c2ccc(F)cc2C=O)C1. The van der Waals surface area contributed by atoms with E-state index in [9.17, 15) is 14.3 Å². The van der Waals surface area contributed by atoms with Crippen LogP contribution in [0.3, 0.4) is 0 Å². The van der Waals surface area contributed by atoms with Crippen LogP contribution in [-0.4, -0.2) is 30.1 Å². The minimum Gasteiger partial charge on any atom is -0.386 e. The minimum atomic E-state index is -0.700. The summed E-state index contributed by atoms with van der Waals surface area (Å²) in [5.74, 6) is -0.423. The molecule has 0 bridgehead atoms. The van der Waals surface area contributed by atoms with Gasteiger partial charge in [-0.2, -0.15) is 0 Å². The molecule has 0 saturated carbocycles. The van der Waals surface area contributed by atoms with Crippen molar-refractivity contribution in [3.05, 3.63) is 29.6 Å². The van der Waals surface area contributed by atoms with Crippen LogP contribution in [-0.2, 0) is 0 Å². The molecule has 0 aliphatic carbocycles. The fraction of sp³-hybridized carbons (Fsp3) is 0.364. The van der Waals surface area contributed by atoms with Crippen LogP contribution in [0, 0.1) is 5.82 Å². The van der Waals surface area contributed by atoms with Crippen LogP contribution in [0.4, 0.5) is 10.1 Å². The van der Waals surface area contributed by atoms with Gasteiger partial charge in [-0.25, -0.2) is 4.39 Å². The van der Waals surface area contributed by atoms with Crippen molar-refractivity contribution in [2.24, 2.45) is 0 Å². The van der Waals surface area contributed by atoms with E-state index in [1.165, 1.54) is 12.1 Å². The second-order valence-electron chi connectivity index (χ2n) is 4.17. The maximum Gasteiger partial charge on any atom is 0.152 e. The molecule has 0 atom stereocenters. The van der Waals surface area contributed by atoms with E-state index in [0.717, 1.165) is 0 Å². The number of carbonyl (C=O) groups is 1. The van der Waals surface area contributed by atoms with Crippen LogP contribution in [0.2, 0.25) is 0 Å². The summed E-state index contributed by atoms with van der Waals surface area (Å²) in [5, 5.41) is 9.56. The fourth-order valence-electron chi connectivity index (χ4n) is 1.85. The molecular weight excluding hydrogens is 197 g/mol. The van der Waals surface area contributed by atoms with Gasteiger partial charge in [0.1, 0.15) is 5.82 Å². The highest BCUT2D eigenvalue weighted by molar-refractivity contribution is 5.85. The highest BCUT2D eigenvalue weighted by Crippen LogP contribution is 2.29. The van der Waals surface area contributed by atoms with Gasteiger partial charge in [0.05, 0.1) is 5.60 Å². The molecule has 0 unspecified atom stereocenters. The summed E-state index contributed by atoms with van der Waals surface area (Å²) in [6.45, 7) is 2.67. The topological polar surface area (TPSA) is 40.5 Å². The van der Waals surface area contributed by atoms with Crippen LogP contribution in [0.1, 0.15) is 17.3 Å². The molecule has 1 fully saturated rings. The smallest absolute Gasteiger partial charge is 0.152 e. The van der Waals surface area contributed by atoms with Crippen molar-refractivity contribution >= 4 is 12.0 Å². The lowest BCUT2D eigenvalue weighted by Gasteiger charge is -2.46. The zero-order valence-corrected chi connectivity index (χ0v) is 8.40. The van der Waals surface area contributed by atoms with Crippen molar-refractivity contribution in [2.75, 3.05) is 18.0 Å². The molecule has 0 aromatic heterocycles. The molecule has 4 heteroatoms. The molecule has 2 rings (SSSR count). The number of halogens is 1. The average molecular weight is 209 g/mol. The molecule has 1 N–H and O–H groups in total. The van der Waals surface area contributed by atoms with Crippen LogP contribution in [0.25, 0.3) is 0 Å². The van der Waals surface area contributed by atoms with E-state index in [1.807, 2.05) is 4.90 Å². The lowest BCUT2D eigenvalue weighted by molar-refractivity contribution is 0.0309. The molecule has 0 radical (unpaired) electrons. The lowest BCUT2D eigenvalue weighted by atomic mass is 9.95. The van der Waals surface area contributed by atoms with Gasteiger partial charge in [-0.3, -0.25) is 4.79 Å². The number of carbonyl (C=O) groups excluding carboxylic acids is 1. The number of β-amino-alcohol motifs (C(OH)–C–C–N with tert-alkyl or cyclic N) is 1. The Labute approximate surface area is 87.1 Å². The highest BCUT2D eigenvalue weighted by Gasteiger charge is 2.37. The maximum atomic E-state index is 12.8. The zero-order chi connectivity index (χ0) is 11.1. The van der Waals surface area contributed by atoms with Gasteiger partial charge in [0.15, 0.2) is 6.29 Å². The normalized spacial score (nSPS) is 18.5. The van der Waals surface area contributed by atoms with Crippen LogP contribution < -0.4 is 4.90 Å². The van der Waals surface area contributed by atoms with Gasteiger partial charge in [0.2, 0.25) is 0 Å². The third-order valence-corrected chi connectivity index (χ3v) is 2.52. The second-order valence-corrected chi connectivity index (χ2v) is 4.17. The molecule has 0 amide bonds. The van der Waals surface area contributed by atoms with Crippen molar-refractivity contribution in [3.8, 4) is 0 Å². The minimum absolute atomic E-state index is 0.325. The maximum absolute atomic E-state index is 12.8. The van der Waals surface area contributed by atoms with Crippen molar-refractivity contribution in [2.45, 2.75) is 12.5 Å². The van der Waals surface area contributed by atoms with E-state index in [0.29, 0.717) is 30.6 Å². The number of aliphatic hydroxyl groups is 1. The molecule has 1 aromatic carbocycles. The Morgan fingerprint density at radius 1 is 1.53 bits per heavy atom. The Bertz CT molecular complexity index is 396. The number of anilines is 1. The quantitative estimate of drug-likeness (QED) is 0.744. The predicted molar refractivity (Wildman–Crippen MR) is 54.6 cm³/mol. The Morgan fingerprint density at radius 2 is 2.20 bits per heavy atom. The lowest BCUT2D eigenvalue weighted by Crippen LogP contribution is -2.60. The first-order chi connectivity index (χ1) is 7.02. The Kier molecular flexibility index (Phi) is 2.23. The molecule has 80 valence electrons. The predicted octanol–water partition coefficient (Wildman–Crippen LogP) is 1.21. The number of aldehydes is 1. The monoisotopic (exact) mass is 209 g/mol. The fourth-order valence-corrected chi connectivity index (χ4v) is 1.85. The number of nitrogens with zero attached hydrogens (tertiary/aromatic N) is 1. The second kappa shape index (κ2) is 3.31. The van der Waals surface area contributed by atoms with E-state index in [2.05, 4.69) is 0 Å².